The quantitative estimate of drug-likeness (QED) is 0.396. The number of methoxy groups -OCH3 is 1. The second-order valence-corrected chi connectivity index (χ2v) is 7.45. The van der Waals surface area contributed by atoms with Crippen LogP contribution in [0.25, 0.3) is 6.08 Å². The van der Waals surface area contributed by atoms with E-state index in [4.69, 9.17) is 21.7 Å². The number of ether oxygens (including phenoxy) is 2. The standard InChI is InChI=1S/C15H16INO4S2/c1-3-21-11-7-9(6-10(16)13(11)18)8-12-14(19)17(4-5-20-2)15(22)23-12/h6-8,18H,3-5H2,1-2H3. The van der Waals surface area contributed by atoms with E-state index in [1.807, 2.05) is 29.5 Å². The van der Waals surface area contributed by atoms with Gasteiger partial charge in [-0.1, -0.05) is 24.0 Å². The number of thioether (sulfide) groups is 1. The minimum absolute atomic E-state index is 0.109. The molecule has 0 radical (unpaired) electrons. The van der Waals surface area contributed by atoms with Crippen LogP contribution in [0, 0.1) is 3.57 Å². The highest BCUT2D eigenvalue weighted by Gasteiger charge is 2.31. The number of thiocarbonyl (C=S) groups is 1. The fourth-order valence-electron chi connectivity index (χ4n) is 1.97. The van der Waals surface area contributed by atoms with Crippen molar-refractivity contribution in [1.29, 1.82) is 0 Å². The number of benzene rings is 1. The SMILES string of the molecule is CCOc1cc(C=C2SC(=S)N(CCOC)C2=O)cc(I)c1O. The van der Waals surface area contributed by atoms with E-state index < -0.39 is 0 Å². The molecule has 1 N–H and O–H groups in total. The highest BCUT2D eigenvalue weighted by molar-refractivity contribution is 14.1. The summed E-state index contributed by atoms with van der Waals surface area (Å²) in [6.07, 6.45) is 1.76. The van der Waals surface area contributed by atoms with Crippen LogP contribution in [-0.4, -0.2) is 47.1 Å². The van der Waals surface area contributed by atoms with Crippen LogP contribution in [0.4, 0.5) is 0 Å². The van der Waals surface area contributed by atoms with Crippen molar-refractivity contribution in [2.45, 2.75) is 6.92 Å². The van der Waals surface area contributed by atoms with Gasteiger partial charge in [-0.15, -0.1) is 0 Å². The van der Waals surface area contributed by atoms with Crippen molar-refractivity contribution in [2.24, 2.45) is 0 Å². The molecule has 1 aromatic carbocycles. The van der Waals surface area contributed by atoms with E-state index in [0.29, 0.717) is 38.3 Å². The maximum Gasteiger partial charge on any atom is 0.266 e. The zero-order valence-corrected chi connectivity index (χ0v) is 16.5. The van der Waals surface area contributed by atoms with Gasteiger partial charge < -0.3 is 14.6 Å². The molecular formula is C15H16INO4S2. The van der Waals surface area contributed by atoms with Gasteiger partial charge in [-0.05, 0) is 53.3 Å². The molecule has 0 bridgehead atoms. The van der Waals surface area contributed by atoms with Gasteiger partial charge in [0.25, 0.3) is 5.91 Å². The smallest absolute Gasteiger partial charge is 0.266 e. The summed E-state index contributed by atoms with van der Waals surface area (Å²) in [7, 11) is 1.58. The molecule has 0 spiro atoms. The zero-order chi connectivity index (χ0) is 17.0. The molecule has 8 heteroatoms. The molecule has 0 aliphatic carbocycles. The van der Waals surface area contributed by atoms with Gasteiger partial charge in [0.1, 0.15) is 4.32 Å². The first-order chi connectivity index (χ1) is 11.0. The summed E-state index contributed by atoms with van der Waals surface area (Å²) in [5.74, 6) is 0.385. The molecule has 23 heavy (non-hydrogen) atoms. The molecule has 1 fully saturated rings. The maximum absolute atomic E-state index is 12.4. The Morgan fingerprint density at radius 1 is 1.48 bits per heavy atom. The second-order valence-electron chi connectivity index (χ2n) is 4.61. The van der Waals surface area contributed by atoms with Crippen molar-refractivity contribution in [2.75, 3.05) is 26.9 Å². The fraction of sp³-hybridized carbons (Fsp3) is 0.333. The van der Waals surface area contributed by atoms with Gasteiger partial charge >= 0.3 is 0 Å². The van der Waals surface area contributed by atoms with Crippen LogP contribution < -0.4 is 4.74 Å². The molecule has 5 nitrogen and oxygen atoms in total. The average molecular weight is 465 g/mol. The lowest BCUT2D eigenvalue weighted by Crippen LogP contribution is -2.31. The van der Waals surface area contributed by atoms with Crippen molar-refractivity contribution in [3.8, 4) is 11.5 Å². The van der Waals surface area contributed by atoms with E-state index in [2.05, 4.69) is 0 Å². The predicted octanol–water partition coefficient (Wildman–Crippen LogP) is 3.24. The third-order valence-electron chi connectivity index (χ3n) is 3.04. The van der Waals surface area contributed by atoms with Gasteiger partial charge in [0.15, 0.2) is 11.5 Å². The summed E-state index contributed by atoms with van der Waals surface area (Å²) >= 11 is 8.54. The molecule has 0 aromatic heterocycles. The number of hydrogen-bond donors (Lipinski definition) is 1. The Balaban J connectivity index is 2.28. The molecule has 1 amide bonds. The predicted molar refractivity (Wildman–Crippen MR) is 104 cm³/mol. The molecule has 1 aliphatic rings. The summed E-state index contributed by atoms with van der Waals surface area (Å²) in [6, 6.07) is 3.50. The lowest BCUT2D eigenvalue weighted by molar-refractivity contribution is -0.122. The average Bonchev–Trinajstić information content (AvgIpc) is 2.77. The summed E-state index contributed by atoms with van der Waals surface area (Å²) in [5.41, 5.74) is 0.780. The Morgan fingerprint density at radius 2 is 2.22 bits per heavy atom. The fourth-order valence-corrected chi connectivity index (χ4v) is 3.90. The molecule has 0 unspecified atom stereocenters. The minimum Gasteiger partial charge on any atom is -0.504 e. The van der Waals surface area contributed by atoms with Gasteiger partial charge in [0.05, 0.1) is 28.2 Å². The lowest BCUT2D eigenvalue weighted by atomic mass is 10.2. The summed E-state index contributed by atoms with van der Waals surface area (Å²) in [5, 5.41) is 9.98. The first-order valence-corrected chi connectivity index (χ1v) is 9.17. The van der Waals surface area contributed by atoms with Gasteiger partial charge in [-0.3, -0.25) is 9.69 Å². The number of phenolic OH excluding ortho intramolecular Hbond substituents is 1. The maximum atomic E-state index is 12.4. The van der Waals surface area contributed by atoms with Gasteiger partial charge in [-0.25, -0.2) is 0 Å². The Kier molecular flexibility index (Phi) is 6.69. The van der Waals surface area contributed by atoms with Crippen LogP contribution >= 0.6 is 46.6 Å². The summed E-state index contributed by atoms with van der Waals surface area (Å²) in [4.78, 5) is 14.5. The van der Waals surface area contributed by atoms with Crippen molar-refractivity contribution in [1.82, 2.24) is 4.90 Å². The molecular weight excluding hydrogens is 449 g/mol. The number of halogens is 1. The van der Waals surface area contributed by atoms with Crippen LogP contribution in [0.15, 0.2) is 17.0 Å². The lowest BCUT2D eigenvalue weighted by Gasteiger charge is -2.13. The monoisotopic (exact) mass is 465 g/mol. The molecule has 0 atom stereocenters. The number of carbonyl (C=O) groups excluding carboxylic acids is 1. The molecule has 1 saturated heterocycles. The zero-order valence-electron chi connectivity index (χ0n) is 12.7. The number of aromatic hydroxyl groups is 1. The molecule has 1 heterocycles. The first kappa shape index (κ1) is 18.5. The second kappa shape index (κ2) is 8.32. The van der Waals surface area contributed by atoms with Crippen LogP contribution in [0.3, 0.4) is 0 Å². The molecule has 0 saturated carbocycles. The van der Waals surface area contributed by atoms with Crippen LogP contribution in [0.1, 0.15) is 12.5 Å². The van der Waals surface area contributed by atoms with Crippen molar-refractivity contribution < 1.29 is 19.4 Å². The number of amides is 1. The Morgan fingerprint density at radius 3 is 2.87 bits per heavy atom. The number of phenols is 1. The van der Waals surface area contributed by atoms with Gasteiger partial charge in [-0.2, -0.15) is 0 Å². The minimum atomic E-state index is -0.127. The van der Waals surface area contributed by atoms with E-state index in [0.717, 1.165) is 5.56 Å². The van der Waals surface area contributed by atoms with E-state index in [9.17, 15) is 9.90 Å². The largest absolute Gasteiger partial charge is 0.504 e. The number of rotatable bonds is 6. The van der Waals surface area contributed by atoms with Crippen molar-refractivity contribution >= 4 is 62.9 Å². The van der Waals surface area contributed by atoms with Gasteiger partial charge in [0.2, 0.25) is 0 Å². The van der Waals surface area contributed by atoms with Crippen LogP contribution in [0.2, 0.25) is 0 Å². The van der Waals surface area contributed by atoms with Crippen molar-refractivity contribution in [3.63, 3.8) is 0 Å². The highest BCUT2D eigenvalue weighted by atomic mass is 127. The Labute approximate surface area is 158 Å². The van der Waals surface area contributed by atoms with Crippen molar-refractivity contribution in [3.05, 3.63) is 26.2 Å². The Bertz CT molecular complexity index is 663. The van der Waals surface area contributed by atoms with E-state index in [-0.39, 0.29) is 11.7 Å². The normalized spacial score (nSPS) is 16.5. The third kappa shape index (κ3) is 4.37. The topological polar surface area (TPSA) is 59.0 Å². The van der Waals surface area contributed by atoms with E-state index >= 15 is 0 Å². The summed E-state index contributed by atoms with van der Waals surface area (Å²) in [6.45, 7) is 3.17. The van der Waals surface area contributed by atoms with E-state index in [1.54, 1.807) is 25.3 Å². The summed E-state index contributed by atoms with van der Waals surface area (Å²) < 4.78 is 11.6. The number of carbonyl (C=O) groups is 1. The molecule has 1 aromatic rings. The third-order valence-corrected chi connectivity index (χ3v) is 5.24. The molecule has 124 valence electrons. The first-order valence-electron chi connectivity index (χ1n) is 6.87. The highest BCUT2D eigenvalue weighted by Crippen LogP contribution is 2.36. The molecule has 1 aliphatic heterocycles. The van der Waals surface area contributed by atoms with Gasteiger partial charge in [0, 0.05) is 7.11 Å². The molecule has 2 rings (SSSR count). The number of nitrogens with zero attached hydrogens (tertiary/aromatic N) is 1. The van der Waals surface area contributed by atoms with Crippen LogP contribution in [-0.2, 0) is 9.53 Å². The van der Waals surface area contributed by atoms with E-state index in [1.165, 1.54) is 16.7 Å². The Hall–Kier alpha value is -0.840. The van der Waals surface area contributed by atoms with Crippen LogP contribution in [0.5, 0.6) is 11.5 Å². The number of hydrogen-bond acceptors (Lipinski definition) is 6.